The first-order chi connectivity index (χ1) is 8.96. The first kappa shape index (κ1) is 14.7. The molecule has 0 spiro atoms. The predicted molar refractivity (Wildman–Crippen MR) is 74.9 cm³/mol. The molecular weight excluding hydrogens is 268 g/mol. The Hall–Kier alpha value is -0.670. The van der Waals surface area contributed by atoms with E-state index < -0.39 is 5.67 Å². The molecule has 0 amide bonds. The summed E-state index contributed by atoms with van der Waals surface area (Å²) in [5.74, 6) is -0.386. The van der Waals surface area contributed by atoms with Gasteiger partial charge in [-0.1, -0.05) is 24.1 Å². The molecule has 0 bridgehead atoms. The van der Waals surface area contributed by atoms with Crippen molar-refractivity contribution in [2.75, 3.05) is 6.54 Å². The maximum absolute atomic E-state index is 14.6. The number of hydrogen-bond acceptors (Lipinski definition) is 1. The van der Waals surface area contributed by atoms with Gasteiger partial charge in [0.15, 0.2) is 0 Å². The summed E-state index contributed by atoms with van der Waals surface area (Å²) in [5, 5.41) is 3.66. The number of hydrogen-bond donors (Lipinski definition) is 1. The second-order valence-corrected chi connectivity index (χ2v) is 6.08. The van der Waals surface area contributed by atoms with E-state index in [9.17, 15) is 8.78 Å². The lowest BCUT2D eigenvalue weighted by atomic mass is 9.88. The zero-order chi connectivity index (χ0) is 13.9. The van der Waals surface area contributed by atoms with Crippen LogP contribution in [0.5, 0.6) is 0 Å². The third kappa shape index (κ3) is 4.43. The van der Waals surface area contributed by atoms with Crippen LogP contribution < -0.4 is 5.32 Å². The molecule has 0 radical (unpaired) electrons. The molecule has 106 valence electrons. The third-order valence-electron chi connectivity index (χ3n) is 3.66. The average molecular weight is 288 g/mol. The molecule has 0 saturated carbocycles. The van der Waals surface area contributed by atoms with E-state index in [4.69, 9.17) is 11.6 Å². The van der Waals surface area contributed by atoms with Crippen molar-refractivity contribution in [3.63, 3.8) is 0 Å². The van der Waals surface area contributed by atoms with Crippen LogP contribution in [0.15, 0.2) is 18.2 Å². The van der Waals surface area contributed by atoms with E-state index in [1.165, 1.54) is 18.6 Å². The van der Waals surface area contributed by atoms with Gasteiger partial charge in [-0.2, -0.15) is 0 Å². The highest BCUT2D eigenvalue weighted by molar-refractivity contribution is 6.31. The number of halogens is 3. The smallest absolute Gasteiger partial charge is 0.124 e. The molecule has 2 rings (SSSR count). The molecule has 0 aromatic heterocycles. The Morgan fingerprint density at radius 3 is 2.84 bits per heavy atom. The van der Waals surface area contributed by atoms with E-state index in [2.05, 4.69) is 5.32 Å². The fraction of sp³-hybridized carbons (Fsp3) is 0.600. The van der Waals surface area contributed by atoms with E-state index in [0.717, 1.165) is 19.4 Å². The fourth-order valence-electron chi connectivity index (χ4n) is 2.75. The molecule has 2 unspecified atom stereocenters. The minimum Gasteiger partial charge on any atom is -0.314 e. The summed E-state index contributed by atoms with van der Waals surface area (Å²) in [6.45, 7) is 2.57. The van der Waals surface area contributed by atoms with Crippen LogP contribution in [-0.4, -0.2) is 18.3 Å². The summed E-state index contributed by atoms with van der Waals surface area (Å²) in [5.41, 5.74) is -0.653. The zero-order valence-electron chi connectivity index (χ0n) is 11.2. The molecule has 0 aliphatic carbocycles. The second-order valence-electron chi connectivity index (χ2n) is 5.68. The summed E-state index contributed by atoms with van der Waals surface area (Å²) in [6, 6.07) is 4.38. The van der Waals surface area contributed by atoms with Crippen LogP contribution in [0.1, 0.15) is 38.2 Å². The maximum Gasteiger partial charge on any atom is 0.124 e. The molecule has 1 fully saturated rings. The number of rotatable bonds is 4. The molecule has 1 N–H and O–H groups in total. The van der Waals surface area contributed by atoms with Gasteiger partial charge < -0.3 is 5.32 Å². The number of nitrogens with one attached hydrogen (secondary N) is 1. The van der Waals surface area contributed by atoms with Gasteiger partial charge in [0.05, 0.1) is 0 Å². The van der Waals surface area contributed by atoms with Crippen molar-refractivity contribution in [1.29, 1.82) is 0 Å². The van der Waals surface area contributed by atoms with Gasteiger partial charge in [0.2, 0.25) is 0 Å². The molecule has 4 heteroatoms. The highest BCUT2D eigenvalue weighted by atomic mass is 35.5. The van der Waals surface area contributed by atoms with Gasteiger partial charge in [-0.15, -0.1) is 0 Å². The van der Waals surface area contributed by atoms with E-state index in [1.54, 1.807) is 13.0 Å². The van der Waals surface area contributed by atoms with Gasteiger partial charge in [0, 0.05) is 17.5 Å². The molecule has 1 aromatic carbocycles. The predicted octanol–water partition coefficient (Wildman–Crippen LogP) is 4.28. The van der Waals surface area contributed by atoms with Crippen molar-refractivity contribution < 1.29 is 8.78 Å². The Labute approximate surface area is 118 Å². The molecule has 1 heterocycles. The van der Waals surface area contributed by atoms with Crippen LogP contribution >= 0.6 is 11.6 Å². The number of benzene rings is 1. The van der Waals surface area contributed by atoms with Crippen molar-refractivity contribution in [3.8, 4) is 0 Å². The third-order valence-corrected chi connectivity index (χ3v) is 4.01. The van der Waals surface area contributed by atoms with E-state index in [0.29, 0.717) is 17.0 Å². The molecule has 2 atom stereocenters. The molecule has 1 nitrogen and oxygen atoms in total. The molecule has 1 aromatic rings. The monoisotopic (exact) mass is 287 g/mol. The van der Waals surface area contributed by atoms with Gasteiger partial charge >= 0.3 is 0 Å². The average Bonchev–Trinajstić information content (AvgIpc) is 2.33. The van der Waals surface area contributed by atoms with E-state index >= 15 is 0 Å². The number of piperidine rings is 1. The summed E-state index contributed by atoms with van der Waals surface area (Å²) in [4.78, 5) is 0. The van der Waals surface area contributed by atoms with Crippen LogP contribution in [0.3, 0.4) is 0 Å². The van der Waals surface area contributed by atoms with Gasteiger partial charge in [-0.25, -0.2) is 8.78 Å². The first-order valence-corrected chi connectivity index (χ1v) is 7.20. The zero-order valence-corrected chi connectivity index (χ0v) is 11.9. The van der Waals surface area contributed by atoms with Crippen molar-refractivity contribution in [3.05, 3.63) is 34.6 Å². The topological polar surface area (TPSA) is 12.0 Å². The van der Waals surface area contributed by atoms with E-state index in [1.807, 2.05) is 0 Å². The van der Waals surface area contributed by atoms with Crippen molar-refractivity contribution in [2.45, 2.75) is 50.7 Å². The normalized spacial score (nSPS) is 23.1. The van der Waals surface area contributed by atoms with Crippen LogP contribution in [0.4, 0.5) is 8.78 Å². The standard InChI is InChI=1S/C15H20ClF2N/c1-15(18,10-13-4-2-3-7-19-13)9-11-5-6-12(17)8-14(11)16/h5-6,8,13,19H,2-4,7,9-10H2,1H3. The largest absolute Gasteiger partial charge is 0.314 e. The van der Waals surface area contributed by atoms with Crippen LogP contribution in [0, 0.1) is 5.82 Å². The summed E-state index contributed by atoms with van der Waals surface area (Å²) in [7, 11) is 0. The highest BCUT2D eigenvalue weighted by Crippen LogP contribution is 2.29. The van der Waals surface area contributed by atoms with Crippen LogP contribution in [0.25, 0.3) is 0 Å². The Balaban J connectivity index is 1.99. The van der Waals surface area contributed by atoms with Crippen molar-refractivity contribution in [2.24, 2.45) is 0 Å². The quantitative estimate of drug-likeness (QED) is 0.871. The first-order valence-electron chi connectivity index (χ1n) is 6.82. The van der Waals surface area contributed by atoms with Crippen LogP contribution in [-0.2, 0) is 6.42 Å². The SMILES string of the molecule is CC(F)(Cc1ccc(F)cc1Cl)CC1CCCCN1. The Morgan fingerprint density at radius 2 is 2.21 bits per heavy atom. The maximum atomic E-state index is 14.6. The second kappa shape index (κ2) is 6.19. The van der Waals surface area contributed by atoms with Gasteiger partial charge in [-0.05, 0) is 50.4 Å². The van der Waals surface area contributed by atoms with Crippen molar-refractivity contribution in [1.82, 2.24) is 5.32 Å². The Bertz CT molecular complexity index is 428. The lowest BCUT2D eigenvalue weighted by Gasteiger charge is -2.30. The lowest BCUT2D eigenvalue weighted by Crippen LogP contribution is -2.40. The van der Waals surface area contributed by atoms with Gasteiger partial charge in [0.1, 0.15) is 11.5 Å². The molecule has 19 heavy (non-hydrogen) atoms. The lowest BCUT2D eigenvalue weighted by molar-refractivity contribution is 0.146. The highest BCUT2D eigenvalue weighted by Gasteiger charge is 2.29. The minimum absolute atomic E-state index is 0.226. The van der Waals surface area contributed by atoms with Gasteiger partial charge in [-0.3, -0.25) is 0 Å². The van der Waals surface area contributed by atoms with Crippen molar-refractivity contribution >= 4 is 11.6 Å². The summed E-state index contributed by atoms with van der Waals surface area (Å²) in [6.07, 6.45) is 4.05. The molecule has 1 aliphatic heterocycles. The van der Waals surface area contributed by atoms with Crippen LogP contribution in [0.2, 0.25) is 5.02 Å². The Kier molecular flexibility index (Phi) is 4.80. The summed E-state index contributed by atoms with van der Waals surface area (Å²) >= 11 is 5.96. The minimum atomic E-state index is -1.32. The summed E-state index contributed by atoms with van der Waals surface area (Å²) < 4.78 is 27.6. The van der Waals surface area contributed by atoms with Gasteiger partial charge in [0.25, 0.3) is 0 Å². The van der Waals surface area contributed by atoms with E-state index in [-0.39, 0.29) is 18.3 Å². The Morgan fingerprint density at radius 1 is 1.42 bits per heavy atom. The molecular formula is C15H20ClF2N. The molecule has 1 aliphatic rings. The number of alkyl halides is 1. The molecule has 1 saturated heterocycles. The fourth-order valence-corrected chi connectivity index (χ4v) is 2.98.